The highest BCUT2D eigenvalue weighted by atomic mass is 16.3. The number of carbonyl (C=O) groups is 4. The molecule has 3 heterocycles. The van der Waals surface area contributed by atoms with Gasteiger partial charge < -0.3 is 4.42 Å². The van der Waals surface area contributed by atoms with E-state index in [9.17, 15) is 14.4 Å². The van der Waals surface area contributed by atoms with Crippen LogP contribution in [0, 0.1) is 0 Å². The summed E-state index contributed by atoms with van der Waals surface area (Å²) in [7, 11) is 0. The molecule has 0 aliphatic carbocycles. The van der Waals surface area contributed by atoms with Crippen molar-refractivity contribution in [2.24, 2.45) is 0 Å². The van der Waals surface area contributed by atoms with Gasteiger partial charge >= 0.3 is 0 Å². The highest BCUT2D eigenvalue weighted by Gasteiger charge is 2.41. The maximum Gasteiger partial charge on any atom is 0.266 e. The zero-order valence-corrected chi connectivity index (χ0v) is 34.5. The molecule has 292 valence electrons. The van der Waals surface area contributed by atoms with E-state index in [0.29, 0.717) is 55.7 Å². The topological polar surface area (TPSA) is 87.9 Å². The lowest BCUT2D eigenvalue weighted by Crippen LogP contribution is -2.42. The van der Waals surface area contributed by atoms with Crippen LogP contribution in [0.2, 0.25) is 0 Å². The Hall–Kier alpha value is -6.60. The first kappa shape index (κ1) is 36.7. The molecule has 59 heavy (non-hydrogen) atoms. The minimum Gasteiger partial charge on any atom is -0.464 e. The van der Waals surface area contributed by atoms with E-state index in [-0.39, 0.29) is 47.3 Å². The van der Waals surface area contributed by atoms with Crippen LogP contribution in [0.25, 0.3) is 54.4 Å². The third-order valence-electron chi connectivity index (χ3n) is 12.7. The van der Waals surface area contributed by atoms with E-state index in [0.717, 1.165) is 54.6 Å². The van der Waals surface area contributed by atoms with Crippen molar-refractivity contribution in [3.63, 3.8) is 0 Å². The number of para-hydroxylation sites is 2. The summed E-state index contributed by atoms with van der Waals surface area (Å²) in [6.45, 7) is 16.6. The summed E-state index contributed by atoms with van der Waals surface area (Å²) >= 11 is 0. The molecule has 7 heteroatoms. The van der Waals surface area contributed by atoms with Crippen LogP contribution in [0.1, 0.15) is 143 Å². The normalized spacial score (nSPS) is 14.4. The quantitative estimate of drug-likeness (QED) is 0.0913. The largest absolute Gasteiger partial charge is 0.464 e. The first-order valence-electron chi connectivity index (χ1n) is 20.6. The zero-order valence-electron chi connectivity index (χ0n) is 34.5. The van der Waals surface area contributed by atoms with Gasteiger partial charge in [-0.2, -0.15) is 0 Å². The second-order valence-electron chi connectivity index (χ2n) is 17.4. The van der Waals surface area contributed by atoms with E-state index in [2.05, 4.69) is 55.4 Å². The van der Waals surface area contributed by atoms with Gasteiger partial charge in [0.15, 0.2) is 0 Å². The van der Waals surface area contributed by atoms with Crippen molar-refractivity contribution in [1.29, 1.82) is 0 Å². The summed E-state index contributed by atoms with van der Waals surface area (Å²) in [5.74, 6) is -0.632. The van der Waals surface area contributed by atoms with Crippen LogP contribution in [0.15, 0.2) is 102 Å². The van der Waals surface area contributed by atoms with Crippen molar-refractivity contribution >= 4 is 78.1 Å². The van der Waals surface area contributed by atoms with Crippen molar-refractivity contribution in [2.45, 2.75) is 79.1 Å². The van der Waals surface area contributed by atoms with Crippen LogP contribution >= 0.6 is 0 Å². The third kappa shape index (κ3) is 4.94. The average Bonchev–Trinajstić information content (AvgIpc) is 3.76. The number of hydrogen-bond acceptors (Lipinski definition) is 5. The number of anilines is 2. The van der Waals surface area contributed by atoms with Gasteiger partial charge in [-0.15, -0.1) is 0 Å². The Morgan fingerprint density at radius 3 is 1.22 bits per heavy atom. The molecule has 7 aromatic carbocycles. The SMILES string of the molecule is CC(C)c1cccc(C(C)C)c1N1C(=O)c2ccc3c4ccc5c6c(cc(-c7ccco7)c(c7ccc(c2c37)C1=O)c64)C(=O)N(c1c(C(C)C)cccc1C(C)C)C5=O. The van der Waals surface area contributed by atoms with Crippen LogP contribution in [0.3, 0.4) is 0 Å². The molecule has 0 unspecified atom stereocenters. The lowest BCUT2D eigenvalue weighted by molar-refractivity contribution is 0.0877. The molecule has 2 aliphatic rings. The molecule has 4 amide bonds. The molecular formula is C52H44N2O5. The number of amides is 4. The first-order valence-corrected chi connectivity index (χ1v) is 20.6. The molecule has 8 aromatic rings. The van der Waals surface area contributed by atoms with Crippen molar-refractivity contribution in [2.75, 3.05) is 9.80 Å². The van der Waals surface area contributed by atoms with Gasteiger partial charge in [0.1, 0.15) is 5.76 Å². The highest BCUT2D eigenvalue weighted by molar-refractivity contribution is 6.46. The summed E-state index contributed by atoms with van der Waals surface area (Å²) in [5, 5.41) is 6.00. The summed E-state index contributed by atoms with van der Waals surface area (Å²) in [6.07, 6.45) is 1.61. The summed E-state index contributed by atoms with van der Waals surface area (Å²) in [5.41, 5.74) is 7.52. The molecule has 0 fully saturated rings. The summed E-state index contributed by atoms with van der Waals surface area (Å²) < 4.78 is 6.11. The number of nitrogens with zero attached hydrogens (tertiary/aromatic N) is 2. The fourth-order valence-corrected chi connectivity index (χ4v) is 9.94. The number of fused-ring (bicyclic) bond motifs is 2. The third-order valence-corrected chi connectivity index (χ3v) is 12.7. The standard InChI is InChI=1S/C52H44N2O5/c1-25(2)29-12-9-13-30(26(3)4)47(29)53-49(55)36-20-17-33-34-18-21-38-45-40(52(58)54(51(38)57)48-31(27(5)6)14-10-15-32(48)28(7)8)24-39(41-16-11-23-59-41)43(46(34)45)35-19-22-37(50(53)56)44(36)42(33)35/h9-28H,1-8H3. The lowest BCUT2D eigenvalue weighted by Gasteiger charge is -2.34. The highest BCUT2D eigenvalue weighted by Crippen LogP contribution is 2.51. The van der Waals surface area contributed by atoms with Crippen LogP contribution < -0.4 is 9.80 Å². The Bertz CT molecular complexity index is 3070. The van der Waals surface area contributed by atoms with E-state index < -0.39 is 0 Å². The van der Waals surface area contributed by atoms with Crippen LogP contribution in [0.5, 0.6) is 0 Å². The fourth-order valence-electron chi connectivity index (χ4n) is 9.94. The van der Waals surface area contributed by atoms with Gasteiger partial charge in [0.05, 0.1) is 17.6 Å². The molecule has 0 saturated heterocycles. The Kier molecular flexibility index (Phi) is 8.06. The van der Waals surface area contributed by atoms with E-state index in [1.807, 2.05) is 91.0 Å². The van der Waals surface area contributed by atoms with Gasteiger partial charge in [0.25, 0.3) is 23.6 Å². The zero-order chi connectivity index (χ0) is 41.3. The van der Waals surface area contributed by atoms with Crippen LogP contribution in [-0.4, -0.2) is 23.6 Å². The number of furan rings is 1. The van der Waals surface area contributed by atoms with E-state index in [1.165, 1.54) is 9.80 Å². The second kappa shape index (κ2) is 13.0. The van der Waals surface area contributed by atoms with Gasteiger partial charge in [0, 0.05) is 44.0 Å². The van der Waals surface area contributed by atoms with E-state index in [4.69, 9.17) is 4.42 Å². The molecule has 1 aromatic heterocycles. The summed E-state index contributed by atoms with van der Waals surface area (Å²) in [6, 6.07) is 29.0. The van der Waals surface area contributed by atoms with Crippen molar-refractivity contribution in [1.82, 2.24) is 0 Å². The molecular weight excluding hydrogens is 733 g/mol. The number of benzene rings is 7. The minimum absolute atomic E-state index is 0.0615. The Morgan fingerprint density at radius 1 is 0.390 bits per heavy atom. The predicted octanol–water partition coefficient (Wildman–Crippen LogP) is 13.1. The molecule has 2 aliphatic heterocycles. The Morgan fingerprint density at radius 2 is 0.797 bits per heavy atom. The molecule has 10 rings (SSSR count). The van der Waals surface area contributed by atoms with Gasteiger partial charge in [-0.05, 0) is 109 Å². The molecule has 0 spiro atoms. The average molecular weight is 777 g/mol. The predicted molar refractivity (Wildman–Crippen MR) is 237 cm³/mol. The lowest BCUT2D eigenvalue weighted by atomic mass is 9.80. The van der Waals surface area contributed by atoms with E-state index in [1.54, 1.807) is 6.26 Å². The smallest absolute Gasteiger partial charge is 0.266 e. The first-order chi connectivity index (χ1) is 28.3. The minimum atomic E-state index is -0.385. The number of hydrogen-bond donors (Lipinski definition) is 0. The number of rotatable bonds is 7. The Labute approximate surface area is 342 Å². The molecule has 7 nitrogen and oxygen atoms in total. The van der Waals surface area contributed by atoms with Crippen molar-refractivity contribution < 1.29 is 23.6 Å². The van der Waals surface area contributed by atoms with Gasteiger partial charge in [-0.25, -0.2) is 9.80 Å². The maximum absolute atomic E-state index is 15.1. The van der Waals surface area contributed by atoms with Gasteiger partial charge in [-0.3, -0.25) is 19.2 Å². The number of carbonyl (C=O) groups excluding carboxylic acids is 4. The maximum atomic E-state index is 15.1. The molecule has 0 N–H and O–H groups in total. The Balaban J connectivity index is 1.28. The molecule has 0 saturated carbocycles. The van der Waals surface area contributed by atoms with E-state index >= 15 is 4.79 Å². The van der Waals surface area contributed by atoms with Crippen LogP contribution in [0.4, 0.5) is 11.4 Å². The van der Waals surface area contributed by atoms with Crippen molar-refractivity contribution in [3.05, 3.63) is 142 Å². The van der Waals surface area contributed by atoms with Crippen molar-refractivity contribution in [3.8, 4) is 11.3 Å². The summed E-state index contributed by atoms with van der Waals surface area (Å²) in [4.78, 5) is 62.6. The van der Waals surface area contributed by atoms with Gasteiger partial charge in [0.2, 0.25) is 0 Å². The second-order valence-corrected chi connectivity index (χ2v) is 17.4. The fraction of sp³-hybridized carbons (Fsp3) is 0.231. The molecule has 0 radical (unpaired) electrons. The molecule has 0 bridgehead atoms. The molecule has 0 atom stereocenters. The monoisotopic (exact) mass is 776 g/mol. The van der Waals surface area contributed by atoms with Gasteiger partial charge in [-0.1, -0.05) is 110 Å². The number of imide groups is 2. The van der Waals surface area contributed by atoms with Crippen LogP contribution in [-0.2, 0) is 0 Å².